The van der Waals surface area contributed by atoms with Gasteiger partial charge in [0.15, 0.2) is 0 Å². The summed E-state index contributed by atoms with van der Waals surface area (Å²) < 4.78 is 4.65. The number of pyridine rings is 1. The molecule has 0 fully saturated rings. The lowest BCUT2D eigenvalue weighted by Gasteiger charge is -2.16. The normalized spacial score (nSPS) is 11.9. The number of H-pyrrole nitrogens is 1. The average Bonchev–Trinajstić information content (AvgIpc) is 2.98. The van der Waals surface area contributed by atoms with Gasteiger partial charge >= 0.3 is 5.97 Å². The van der Waals surface area contributed by atoms with Gasteiger partial charge in [0.25, 0.3) is 0 Å². The summed E-state index contributed by atoms with van der Waals surface area (Å²) in [5.74, 6) is 0.411. The highest BCUT2D eigenvalue weighted by molar-refractivity contribution is 5.88. The number of rotatable bonds is 5. The molecule has 2 aromatic heterocycles. The van der Waals surface area contributed by atoms with Gasteiger partial charge in [-0.1, -0.05) is 6.92 Å². The largest absolute Gasteiger partial charge is 0.464 e. The molecule has 0 radical (unpaired) electrons. The van der Waals surface area contributed by atoms with Crippen LogP contribution in [0.1, 0.15) is 35.7 Å². The third-order valence-electron chi connectivity index (χ3n) is 2.75. The summed E-state index contributed by atoms with van der Waals surface area (Å²) in [6.07, 6.45) is 5.94. The van der Waals surface area contributed by atoms with Gasteiger partial charge in [0.2, 0.25) is 0 Å². The third kappa shape index (κ3) is 3.09. The minimum absolute atomic E-state index is 0.0582. The minimum atomic E-state index is -0.449. The number of hydrogen-bond acceptors (Lipinski definition) is 5. The first-order valence-electron chi connectivity index (χ1n) is 6.04. The molecular formula is C13H16N4O2. The molecule has 0 aliphatic carbocycles. The van der Waals surface area contributed by atoms with Crippen molar-refractivity contribution in [1.29, 1.82) is 0 Å². The van der Waals surface area contributed by atoms with E-state index in [9.17, 15) is 4.79 Å². The van der Waals surface area contributed by atoms with Gasteiger partial charge in [-0.25, -0.2) is 14.8 Å². The standard InChI is InChI=1S/C13H16N4O2/c1-3-10(12-15-6-7-16-12)17-9-4-5-14-11(8-9)13(18)19-2/h4-8,10H,3H2,1-2H3,(H,14,17)(H,15,16). The fourth-order valence-electron chi connectivity index (χ4n) is 1.77. The molecule has 0 bridgehead atoms. The van der Waals surface area contributed by atoms with Crippen molar-refractivity contribution in [2.75, 3.05) is 12.4 Å². The smallest absolute Gasteiger partial charge is 0.356 e. The molecule has 19 heavy (non-hydrogen) atoms. The van der Waals surface area contributed by atoms with Crippen LogP contribution in [0.2, 0.25) is 0 Å². The summed E-state index contributed by atoms with van der Waals surface area (Å²) in [6, 6.07) is 3.53. The molecule has 2 N–H and O–H groups in total. The molecule has 0 saturated carbocycles. The van der Waals surface area contributed by atoms with Crippen molar-refractivity contribution in [2.24, 2.45) is 0 Å². The van der Waals surface area contributed by atoms with Crippen LogP contribution in [0, 0.1) is 0 Å². The molecule has 2 heterocycles. The van der Waals surface area contributed by atoms with Gasteiger partial charge in [0, 0.05) is 24.3 Å². The first-order valence-corrected chi connectivity index (χ1v) is 6.04. The van der Waals surface area contributed by atoms with E-state index in [1.165, 1.54) is 7.11 Å². The quantitative estimate of drug-likeness (QED) is 0.805. The molecule has 2 rings (SSSR count). The van der Waals surface area contributed by atoms with Gasteiger partial charge < -0.3 is 15.0 Å². The number of imidazole rings is 1. The Hall–Kier alpha value is -2.37. The maximum atomic E-state index is 11.4. The van der Waals surface area contributed by atoms with Crippen LogP contribution in [0.3, 0.4) is 0 Å². The van der Waals surface area contributed by atoms with Gasteiger partial charge in [0.05, 0.1) is 13.2 Å². The Balaban J connectivity index is 2.16. The van der Waals surface area contributed by atoms with Crippen LogP contribution < -0.4 is 5.32 Å². The molecule has 1 atom stereocenters. The topological polar surface area (TPSA) is 79.9 Å². The molecule has 1 unspecified atom stereocenters. The first kappa shape index (κ1) is 13.1. The van der Waals surface area contributed by atoms with Crippen LogP contribution >= 0.6 is 0 Å². The van der Waals surface area contributed by atoms with Crippen LogP contribution in [0.5, 0.6) is 0 Å². The van der Waals surface area contributed by atoms with E-state index in [-0.39, 0.29) is 11.7 Å². The summed E-state index contributed by atoms with van der Waals surface area (Å²) in [4.78, 5) is 22.7. The Morgan fingerprint density at radius 3 is 2.95 bits per heavy atom. The van der Waals surface area contributed by atoms with Crippen molar-refractivity contribution in [3.05, 3.63) is 42.2 Å². The summed E-state index contributed by atoms with van der Waals surface area (Å²) >= 11 is 0. The predicted octanol–water partition coefficient (Wildman–Crippen LogP) is 2.15. The molecule has 0 saturated heterocycles. The number of nitrogens with one attached hydrogen (secondary N) is 2. The minimum Gasteiger partial charge on any atom is -0.464 e. The van der Waals surface area contributed by atoms with Crippen LogP contribution in [-0.4, -0.2) is 28.0 Å². The molecule has 2 aromatic rings. The molecule has 100 valence electrons. The van der Waals surface area contributed by atoms with Crippen LogP contribution in [-0.2, 0) is 4.74 Å². The molecule has 0 spiro atoms. The van der Waals surface area contributed by atoms with Crippen molar-refractivity contribution in [3.8, 4) is 0 Å². The van der Waals surface area contributed by atoms with Crippen LogP contribution in [0.25, 0.3) is 0 Å². The average molecular weight is 260 g/mol. The lowest BCUT2D eigenvalue weighted by atomic mass is 10.2. The number of carbonyl (C=O) groups is 1. The monoisotopic (exact) mass is 260 g/mol. The Labute approximate surface area is 111 Å². The summed E-state index contributed by atoms with van der Waals surface area (Å²) in [5.41, 5.74) is 1.08. The van der Waals surface area contributed by atoms with E-state index in [2.05, 4.69) is 31.9 Å². The van der Waals surface area contributed by atoms with Crippen molar-refractivity contribution in [1.82, 2.24) is 15.0 Å². The van der Waals surface area contributed by atoms with E-state index in [1.54, 1.807) is 30.7 Å². The van der Waals surface area contributed by atoms with E-state index in [1.807, 2.05) is 0 Å². The van der Waals surface area contributed by atoms with Gasteiger partial charge in [-0.05, 0) is 18.6 Å². The number of aromatic nitrogens is 3. The van der Waals surface area contributed by atoms with E-state index in [0.717, 1.165) is 17.9 Å². The Morgan fingerprint density at radius 1 is 1.47 bits per heavy atom. The number of methoxy groups -OCH3 is 1. The number of esters is 1. The van der Waals surface area contributed by atoms with Crippen LogP contribution in [0.15, 0.2) is 30.7 Å². The SMILES string of the molecule is CCC(Nc1ccnc(C(=O)OC)c1)c1ncc[nH]1. The zero-order valence-corrected chi connectivity index (χ0v) is 10.9. The Bertz CT molecular complexity index is 539. The fourth-order valence-corrected chi connectivity index (χ4v) is 1.77. The second kappa shape index (κ2) is 5.99. The molecule has 0 aliphatic heterocycles. The Morgan fingerprint density at radius 2 is 2.32 bits per heavy atom. The van der Waals surface area contributed by atoms with E-state index in [0.29, 0.717) is 0 Å². The number of carbonyl (C=O) groups excluding carboxylic acids is 1. The van der Waals surface area contributed by atoms with Crippen molar-refractivity contribution in [2.45, 2.75) is 19.4 Å². The molecule has 6 heteroatoms. The zero-order valence-electron chi connectivity index (χ0n) is 10.9. The number of hydrogen-bond donors (Lipinski definition) is 2. The highest BCUT2D eigenvalue weighted by Gasteiger charge is 2.13. The van der Waals surface area contributed by atoms with Crippen molar-refractivity contribution >= 4 is 11.7 Å². The van der Waals surface area contributed by atoms with E-state index in [4.69, 9.17) is 0 Å². The highest BCUT2D eigenvalue weighted by atomic mass is 16.5. The third-order valence-corrected chi connectivity index (χ3v) is 2.75. The summed E-state index contributed by atoms with van der Waals surface area (Å²) in [7, 11) is 1.34. The number of nitrogens with zero attached hydrogens (tertiary/aromatic N) is 2. The molecule has 0 aliphatic rings. The molecule has 6 nitrogen and oxygen atoms in total. The van der Waals surface area contributed by atoms with Gasteiger partial charge in [-0.15, -0.1) is 0 Å². The molecule has 0 aromatic carbocycles. The second-order valence-corrected chi connectivity index (χ2v) is 4.00. The van der Waals surface area contributed by atoms with Gasteiger partial charge in [-0.3, -0.25) is 0 Å². The lowest BCUT2D eigenvalue weighted by Crippen LogP contribution is -2.12. The molecular weight excluding hydrogens is 244 g/mol. The number of ether oxygens (including phenoxy) is 1. The maximum absolute atomic E-state index is 11.4. The van der Waals surface area contributed by atoms with Crippen molar-refractivity contribution in [3.63, 3.8) is 0 Å². The summed E-state index contributed by atoms with van der Waals surface area (Å²) in [5, 5.41) is 3.31. The lowest BCUT2D eigenvalue weighted by molar-refractivity contribution is 0.0594. The zero-order chi connectivity index (χ0) is 13.7. The summed E-state index contributed by atoms with van der Waals surface area (Å²) in [6.45, 7) is 2.06. The Kier molecular flexibility index (Phi) is 4.12. The first-order chi connectivity index (χ1) is 9.24. The van der Waals surface area contributed by atoms with Crippen LogP contribution in [0.4, 0.5) is 5.69 Å². The number of aromatic amines is 1. The van der Waals surface area contributed by atoms with E-state index < -0.39 is 5.97 Å². The van der Waals surface area contributed by atoms with Crippen molar-refractivity contribution < 1.29 is 9.53 Å². The van der Waals surface area contributed by atoms with Gasteiger partial charge in [-0.2, -0.15) is 0 Å². The predicted molar refractivity (Wildman–Crippen MR) is 70.8 cm³/mol. The maximum Gasteiger partial charge on any atom is 0.356 e. The van der Waals surface area contributed by atoms with E-state index >= 15 is 0 Å². The second-order valence-electron chi connectivity index (χ2n) is 4.00. The fraction of sp³-hybridized carbons (Fsp3) is 0.308. The number of anilines is 1. The molecule has 0 amide bonds. The van der Waals surface area contributed by atoms with Gasteiger partial charge in [0.1, 0.15) is 11.5 Å². The highest BCUT2D eigenvalue weighted by Crippen LogP contribution is 2.19.